The minimum absolute atomic E-state index is 0.155. The molecule has 5 nitrogen and oxygen atoms in total. The molecule has 0 aromatic carbocycles. The first-order valence-corrected chi connectivity index (χ1v) is 10.3. The standard InChI is InChI=1S/C18H29N3O2S/c1-13-17(14(2)23-20-13)3-4-18(22)19-15-5-9-21(10-6-15)16-7-11-24-12-8-16/h15-16H,3-12H2,1-2H3,(H,19,22). The van der Waals surface area contributed by atoms with Crippen molar-refractivity contribution in [2.24, 2.45) is 0 Å². The molecule has 1 aromatic heterocycles. The van der Waals surface area contributed by atoms with Gasteiger partial charge in [-0.2, -0.15) is 11.8 Å². The Morgan fingerprint density at radius 2 is 1.96 bits per heavy atom. The maximum atomic E-state index is 12.2. The van der Waals surface area contributed by atoms with Crippen molar-refractivity contribution in [3.05, 3.63) is 17.0 Å². The molecule has 1 N–H and O–H groups in total. The number of likely N-dealkylation sites (tertiary alicyclic amines) is 1. The Balaban J connectivity index is 1.38. The summed E-state index contributed by atoms with van der Waals surface area (Å²) in [6, 6.07) is 1.12. The normalized spacial score (nSPS) is 21.1. The Morgan fingerprint density at radius 1 is 1.25 bits per heavy atom. The maximum Gasteiger partial charge on any atom is 0.220 e. The third-order valence-corrected chi connectivity index (χ3v) is 6.43. The summed E-state index contributed by atoms with van der Waals surface area (Å²) in [7, 11) is 0. The number of amides is 1. The van der Waals surface area contributed by atoms with Crippen LogP contribution >= 0.6 is 11.8 Å². The van der Waals surface area contributed by atoms with Crippen LogP contribution in [0.1, 0.15) is 49.1 Å². The first-order valence-electron chi connectivity index (χ1n) is 9.16. The molecule has 0 saturated carbocycles. The van der Waals surface area contributed by atoms with Gasteiger partial charge in [0.1, 0.15) is 5.76 Å². The Bertz CT molecular complexity index is 527. The van der Waals surface area contributed by atoms with E-state index in [1.807, 2.05) is 13.8 Å². The highest BCUT2D eigenvalue weighted by molar-refractivity contribution is 7.99. The van der Waals surface area contributed by atoms with Gasteiger partial charge in [0.2, 0.25) is 5.91 Å². The zero-order chi connectivity index (χ0) is 16.9. The number of piperidine rings is 1. The lowest BCUT2D eigenvalue weighted by atomic mass is 10.0. The Hall–Kier alpha value is -1.01. The Morgan fingerprint density at radius 3 is 2.58 bits per heavy atom. The van der Waals surface area contributed by atoms with Crippen LogP contribution in [-0.2, 0) is 11.2 Å². The summed E-state index contributed by atoms with van der Waals surface area (Å²) >= 11 is 2.08. The average Bonchev–Trinajstić information content (AvgIpc) is 2.93. The van der Waals surface area contributed by atoms with Gasteiger partial charge in [0.25, 0.3) is 0 Å². The summed E-state index contributed by atoms with van der Waals surface area (Å²) in [5, 5.41) is 7.17. The van der Waals surface area contributed by atoms with Gasteiger partial charge >= 0.3 is 0 Å². The minimum atomic E-state index is 0.155. The topological polar surface area (TPSA) is 58.4 Å². The minimum Gasteiger partial charge on any atom is -0.361 e. The molecule has 3 rings (SSSR count). The number of carbonyl (C=O) groups excluding carboxylic acids is 1. The van der Waals surface area contributed by atoms with Crippen LogP contribution in [0.15, 0.2) is 4.52 Å². The average molecular weight is 352 g/mol. The molecule has 2 aliphatic heterocycles. The first-order chi connectivity index (χ1) is 11.6. The van der Waals surface area contributed by atoms with Gasteiger partial charge in [-0.05, 0) is 57.5 Å². The first kappa shape index (κ1) is 17.8. The molecule has 134 valence electrons. The Kier molecular flexibility index (Phi) is 6.22. The third kappa shape index (κ3) is 4.54. The van der Waals surface area contributed by atoms with Crippen LogP contribution in [0, 0.1) is 13.8 Å². The van der Waals surface area contributed by atoms with Gasteiger partial charge in [-0.15, -0.1) is 0 Å². The van der Waals surface area contributed by atoms with Gasteiger partial charge in [0.15, 0.2) is 0 Å². The molecule has 2 fully saturated rings. The lowest BCUT2D eigenvalue weighted by molar-refractivity contribution is -0.122. The van der Waals surface area contributed by atoms with Crippen LogP contribution in [-0.4, -0.2) is 52.6 Å². The number of hydrogen-bond donors (Lipinski definition) is 1. The number of nitrogens with zero attached hydrogens (tertiary/aromatic N) is 2. The number of rotatable bonds is 5. The van der Waals surface area contributed by atoms with Crippen LogP contribution in [0.5, 0.6) is 0 Å². The second-order valence-electron chi connectivity index (χ2n) is 7.02. The largest absolute Gasteiger partial charge is 0.361 e. The molecule has 0 bridgehead atoms. The van der Waals surface area contributed by atoms with Crippen molar-refractivity contribution < 1.29 is 9.32 Å². The molecular weight excluding hydrogens is 322 g/mol. The monoisotopic (exact) mass is 351 g/mol. The summed E-state index contributed by atoms with van der Waals surface area (Å²) < 4.78 is 5.16. The van der Waals surface area contributed by atoms with Crippen molar-refractivity contribution >= 4 is 17.7 Å². The lowest BCUT2D eigenvalue weighted by Crippen LogP contribution is -2.48. The number of carbonyl (C=O) groups is 1. The molecule has 6 heteroatoms. The predicted octanol–water partition coefficient (Wildman–Crippen LogP) is 2.70. The van der Waals surface area contributed by atoms with E-state index in [0.29, 0.717) is 18.9 Å². The van der Waals surface area contributed by atoms with E-state index < -0.39 is 0 Å². The molecule has 2 aliphatic rings. The fourth-order valence-electron chi connectivity index (χ4n) is 3.86. The number of aromatic nitrogens is 1. The lowest BCUT2D eigenvalue weighted by Gasteiger charge is -2.39. The second-order valence-corrected chi connectivity index (χ2v) is 8.25. The van der Waals surface area contributed by atoms with Crippen molar-refractivity contribution in [3.63, 3.8) is 0 Å². The molecule has 0 aliphatic carbocycles. The van der Waals surface area contributed by atoms with E-state index in [-0.39, 0.29) is 5.91 Å². The molecule has 2 saturated heterocycles. The third-order valence-electron chi connectivity index (χ3n) is 5.39. The van der Waals surface area contributed by atoms with Gasteiger partial charge in [-0.3, -0.25) is 4.79 Å². The zero-order valence-electron chi connectivity index (χ0n) is 14.8. The van der Waals surface area contributed by atoms with Crippen LogP contribution in [0.2, 0.25) is 0 Å². The van der Waals surface area contributed by atoms with E-state index in [1.165, 1.54) is 24.3 Å². The molecule has 1 amide bonds. The van der Waals surface area contributed by atoms with E-state index >= 15 is 0 Å². The smallest absolute Gasteiger partial charge is 0.220 e. The zero-order valence-corrected chi connectivity index (χ0v) is 15.7. The van der Waals surface area contributed by atoms with Crippen molar-refractivity contribution in [3.8, 4) is 0 Å². The highest BCUT2D eigenvalue weighted by Gasteiger charge is 2.27. The predicted molar refractivity (Wildman–Crippen MR) is 97.4 cm³/mol. The molecule has 24 heavy (non-hydrogen) atoms. The van der Waals surface area contributed by atoms with Crippen LogP contribution in [0.25, 0.3) is 0 Å². The second kappa shape index (κ2) is 8.39. The van der Waals surface area contributed by atoms with Gasteiger partial charge in [-0.25, -0.2) is 0 Å². The van der Waals surface area contributed by atoms with E-state index in [1.54, 1.807) is 0 Å². The summed E-state index contributed by atoms with van der Waals surface area (Å²) in [5.41, 5.74) is 1.98. The number of aryl methyl sites for hydroxylation is 2. The fourth-order valence-corrected chi connectivity index (χ4v) is 4.94. The molecule has 0 radical (unpaired) electrons. The van der Waals surface area contributed by atoms with E-state index in [2.05, 4.69) is 27.1 Å². The summed E-state index contributed by atoms with van der Waals surface area (Å²) in [4.78, 5) is 14.9. The van der Waals surface area contributed by atoms with E-state index in [4.69, 9.17) is 4.52 Å². The van der Waals surface area contributed by atoms with Crippen LogP contribution < -0.4 is 5.32 Å². The Labute approximate surface area is 148 Å². The summed E-state index contributed by atoms with van der Waals surface area (Å²) in [6.07, 6.45) is 6.06. The molecule has 1 aromatic rings. The highest BCUT2D eigenvalue weighted by Crippen LogP contribution is 2.24. The quantitative estimate of drug-likeness (QED) is 0.884. The molecular formula is C18H29N3O2S. The van der Waals surface area contributed by atoms with Crippen LogP contribution in [0.4, 0.5) is 0 Å². The van der Waals surface area contributed by atoms with Gasteiger partial charge in [0, 0.05) is 37.2 Å². The molecule has 0 atom stereocenters. The van der Waals surface area contributed by atoms with Crippen LogP contribution in [0.3, 0.4) is 0 Å². The van der Waals surface area contributed by atoms with E-state index in [9.17, 15) is 4.79 Å². The van der Waals surface area contributed by atoms with Gasteiger partial charge in [0.05, 0.1) is 5.69 Å². The fraction of sp³-hybridized carbons (Fsp3) is 0.778. The number of nitrogens with one attached hydrogen (secondary N) is 1. The van der Waals surface area contributed by atoms with Gasteiger partial charge < -0.3 is 14.7 Å². The van der Waals surface area contributed by atoms with Crippen molar-refractivity contribution in [2.75, 3.05) is 24.6 Å². The molecule has 0 spiro atoms. The summed E-state index contributed by atoms with van der Waals surface area (Å²) in [5.74, 6) is 3.60. The molecule has 3 heterocycles. The molecule has 0 unspecified atom stereocenters. The maximum absolute atomic E-state index is 12.2. The van der Waals surface area contributed by atoms with E-state index in [0.717, 1.165) is 49.0 Å². The van der Waals surface area contributed by atoms with Gasteiger partial charge in [-0.1, -0.05) is 5.16 Å². The number of thioether (sulfide) groups is 1. The van der Waals surface area contributed by atoms with Crippen molar-refractivity contribution in [2.45, 2.75) is 64.5 Å². The van der Waals surface area contributed by atoms with Crippen molar-refractivity contribution in [1.82, 2.24) is 15.4 Å². The SMILES string of the molecule is Cc1noc(C)c1CCC(=O)NC1CCN(C2CCSCC2)CC1. The van der Waals surface area contributed by atoms with Crippen molar-refractivity contribution in [1.29, 1.82) is 0 Å². The summed E-state index contributed by atoms with van der Waals surface area (Å²) in [6.45, 7) is 6.10. The highest BCUT2D eigenvalue weighted by atomic mass is 32.2. The number of hydrogen-bond acceptors (Lipinski definition) is 5.